The van der Waals surface area contributed by atoms with Gasteiger partial charge in [0, 0.05) is 5.56 Å². The Morgan fingerprint density at radius 2 is 1.15 bits per heavy atom. The molecule has 6 heteroatoms. The minimum atomic E-state index is -0.260. The van der Waals surface area contributed by atoms with Crippen molar-refractivity contribution in [3.05, 3.63) is 82.5 Å². The Morgan fingerprint density at radius 1 is 0.654 bits per heavy atom. The highest BCUT2D eigenvalue weighted by Gasteiger charge is 2.12. The number of halogens is 2. The first-order chi connectivity index (χ1) is 12.5. The fourth-order valence-corrected chi connectivity index (χ4v) is 2.88. The molecule has 2 aromatic carbocycles. The van der Waals surface area contributed by atoms with Gasteiger partial charge in [0.25, 0.3) is 0 Å². The van der Waals surface area contributed by atoms with E-state index in [9.17, 15) is 8.78 Å². The van der Waals surface area contributed by atoms with Crippen molar-refractivity contribution in [2.45, 2.75) is 25.7 Å². The second-order valence-electron chi connectivity index (χ2n) is 6.15. The molecule has 3 aromatic rings. The summed E-state index contributed by atoms with van der Waals surface area (Å²) in [5, 5.41) is 0. The number of aromatic nitrogens is 2. The molecule has 0 unspecified atom stereocenters. The van der Waals surface area contributed by atoms with Gasteiger partial charge in [-0.15, -0.1) is 0 Å². The maximum Gasteiger partial charge on any atom is 0.222 e. The van der Waals surface area contributed by atoms with Gasteiger partial charge in [0.2, 0.25) is 5.95 Å². The molecule has 0 saturated carbocycles. The number of benzene rings is 2. The van der Waals surface area contributed by atoms with Crippen LogP contribution in [0.5, 0.6) is 0 Å². The molecule has 0 aliphatic carbocycles. The van der Waals surface area contributed by atoms with Crippen molar-refractivity contribution in [1.82, 2.24) is 9.97 Å². The Labute approximate surface area is 150 Å². The zero-order chi connectivity index (χ0) is 18.5. The van der Waals surface area contributed by atoms with Crippen molar-refractivity contribution in [2.75, 3.05) is 11.5 Å². The molecule has 3 rings (SSSR count). The average Bonchev–Trinajstić information content (AvgIpc) is 2.62. The number of nitrogen functional groups attached to an aromatic ring is 2. The standard InChI is InChI=1S/C20H20F2N4/c21-15-7-1-13(2-8-15)5-11-17-18(25-20(24)26-19(17)23)12-6-14-3-9-16(22)10-4-14/h1-4,7-10H,5-6,11-12H2,(H4,23,24,25,26). The summed E-state index contributed by atoms with van der Waals surface area (Å²) in [6, 6.07) is 12.8. The van der Waals surface area contributed by atoms with Gasteiger partial charge < -0.3 is 11.5 Å². The van der Waals surface area contributed by atoms with Gasteiger partial charge in [-0.25, -0.2) is 13.8 Å². The molecule has 0 spiro atoms. The van der Waals surface area contributed by atoms with E-state index in [4.69, 9.17) is 11.5 Å². The smallest absolute Gasteiger partial charge is 0.222 e. The maximum absolute atomic E-state index is 13.0. The van der Waals surface area contributed by atoms with E-state index in [1.807, 2.05) is 0 Å². The summed E-state index contributed by atoms with van der Waals surface area (Å²) in [5.41, 5.74) is 15.5. The van der Waals surface area contributed by atoms with Crippen LogP contribution >= 0.6 is 0 Å². The SMILES string of the molecule is Nc1nc(N)c(CCc2ccc(F)cc2)c(CCc2ccc(F)cc2)n1. The lowest BCUT2D eigenvalue weighted by Gasteiger charge is -2.12. The molecule has 1 heterocycles. The van der Waals surface area contributed by atoms with Crippen molar-refractivity contribution in [1.29, 1.82) is 0 Å². The number of rotatable bonds is 6. The van der Waals surface area contributed by atoms with Gasteiger partial charge in [0.15, 0.2) is 0 Å². The third kappa shape index (κ3) is 4.53. The van der Waals surface area contributed by atoms with Crippen LogP contribution in [0.4, 0.5) is 20.5 Å². The fourth-order valence-electron chi connectivity index (χ4n) is 2.88. The summed E-state index contributed by atoms with van der Waals surface area (Å²) >= 11 is 0. The van der Waals surface area contributed by atoms with Gasteiger partial charge in [-0.05, 0) is 61.1 Å². The molecule has 0 aliphatic heterocycles. The van der Waals surface area contributed by atoms with E-state index in [1.54, 1.807) is 24.3 Å². The van der Waals surface area contributed by atoms with Crippen molar-refractivity contribution in [3.63, 3.8) is 0 Å². The highest BCUT2D eigenvalue weighted by molar-refractivity contribution is 5.46. The molecule has 0 saturated heterocycles. The predicted molar refractivity (Wildman–Crippen MR) is 98.5 cm³/mol. The normalized spacial score (nSPS) is 10.8. The van der Waals surface area contributed by atoms with Crippen LogP contribution in [0.2, 0.25) is 0 Å². The van der Waals surface area contributed by atoms with Crippen molar-refractivity contribution < 1.29 is 8.78 Å². The molecule has 4 nitrogen and oxygen atoms in total. The summed E-state index contributed by atoms with van der Waals surface area (Å²) in [5.74, 6) is -0.0100. The number of anilines is 2. The van der Waals surface area contributed by atoms with Gasteiger partial charge in [-0.3, -0.25) is 0 Å². The molecule has 1 aromatic heterocycles. The Morgan fingerprint density at radius 3 is 1.69 bits per heavy atom. The van der Waals surface area contributed by atoms with Gasteiger partial charge in [0.1, 0.15) is 17.5 Å². The van der Waals surface area contributed by atoms with E-state index >= 15 is 0 Å². The quantitative estimate of drug-likeness (QED) is 0.710. The number of hydrogen-bond acceptors (Lipinski definition) is 4. The van der Waals surface area contributed by atoms with Crippen LogP contribution in [0.3, 0.4) is 0 Å². The molecule has 0 amide bonds. The highest BCUT2D eigenvalue weighted by Crippen LogP contribution is 2.20. The van der Waals surface area contributed by atoms with Gasteiger partial charge >= 0.3 is 0 Å². The van der Waals surface area contributed by atoms with Crippen LogP contribution in [-0.2, 0) is 25.7 Å². The lowest BCUT2D eigenvalue weighted by molar-refractivity contribution is 0.626. The minimum Gasteiger partial charge on any atom is -0.383 e. The van der Waals surface area contributed by atoms with Crippen LogP contribution in [0, 0.1) is 11.6 Å². The number of hydrogen-bond donors (Lipinski definition) is 2. The zero-order valence-electron chi connectivity index (χ0n) is 14.3. The number of nitrogens with zero attached hydrogens (tertiary/aromatic N) is 2. The first-order valence-corrected chi connectivity index (χ1v) is 8.41. The molecule has 0 aliphatic rings. The van der Waals surface area contributed by atoms with Gasteiger partial charge in [-0.1, -0.05) is 24.3 Å². The van der Waals surface area contributed by atoms with Gasteiger partial charge in [0.05, 0.1) is 5.69 Å². The van der Waals surface area contributed by atoms with E-state index in [1.165, 1.54) is 24.3 Å². The van der Waals surface area contributed by atoms with Crippen LogP contribution in [0.15, 0.2) is 48.5 Å². The Bertz CT molecular complexity index is 878. The van der Waals surface area contributed by atoms with E-state index in [2.05, 4.69) is 9.97 Å². The zero-order valence-corrected chi connectivity index (χ0v) is 14.3. The first-order valence-electron chi connectivity index (χ1n) is 8.41. The Kier molecular flexibility index (Phi) is 5.41. The van der Waals surface area contributed by atoms with Crippen LogP contribution in [-0.4, -0.2) is 9.97 Å². The largest absolute Gasteiger partial charge is 0.383 e. The lowest BCUT2D eigenvalue weighted by atomic mass is 9.99. The molecule has 0 atom stereocenters. The van der Waals surface area contributed by atoms with Crippen molar-refractivity contribution in [3.8, 4) is 0 Å². The monoisotopic (exact) mass is 354 g/mol. The Balaban J connectivity index is 1.75. The average molecular weight is 354 g/mol. The number of nitrogens with two attached hydrogens (primary N) is 2. The molecular weight excluding hydrogens is 334 g/mol. The molecule has 0 bridgehead atoms. The summed E-state index contributed by atoms with van der Waals surface area (Å²) in [6.07, 6.45) is 2.65. The summed E-state index contributed by atoms with van der Waals surface area (Å²) in [6.45, 7) is 0. The second-order valence-corrected chi connectivity index (χ2v) is 6.15. The minimum absolute atomic E-state index is 0.141. The number of aryl methyl sites for hydroxylation is 3. The van der Waals surface area contributed by atoms with E-state index < -0.39 is 0 Å². The predicted octanol–water partition coefficient (Wildman–Crippen LogP) is 3.49. The summed E-state index contributed by atoms with van der Waals surface area (Å²) < 4.78 is 26.1. The van der Waals surface area contributed by atoms with Crippen molar-refractivity contribution in [2.24, 2.45) is 0 Å². The maximum atomic E-state index is 13.0. The van der Waals surface area contributed by atoms with E-state index in [0.29, 0.717) is 31.5 Å². The molecule has 134 valence electrons. The van der Waals surface area contributed by atoms with E-state index in [0.717, 1.165) is 22.4 Å². The molecule has 0 radical (unpaired) electrons. The van der Waals surface area contributed by atoms with Crippen molar-refractivity contribution >= 4 is 11.8 Å². The first kappa shape index (κ1) is 17.8. The molecule has 0 fully saturated rings. The van der Waals surface area contributed by atoms with Gasteiger partial charge in [-0.2, -0.15) is 4.98 Å². The van der Waals surface area contributed by atoms with Crippen LogP contribution in [0.1, 0.15) is 22.4 Å². The van der Waals surface area contributed by atoms with Crippen LogP contribution in [0.25, 0.3) is 0 Å². The molecule has 26 heavy (non-hydrogen) atoms. The lowest BCUT2D eigenvalue weighted by Crippen LogP contribution is -2.11. The van der Waals surface area contributed by atoms with E-state index in [-0.39, 0.29) is 17.6 Å². The topological polar surface area (TPSA) is 77.8 Å². The molecule has 4 N–H and O–H groups in total. The third-order valence-electron chi connectivity index (χ3n) is 4.28. The summed E-state index contributed by atoms with van der Waals surface area (Å²) in [4.78, 5) is 8.41. The third-order valence-corrected chi connectivity index (χ3v) is 4.28. The fraction of sp³-hybridized carbons (Fsp3) is 0.200. The van der Waals surface area contributed by atoms with Crippen LogP contribution < -0.4 is 11.5 Å². The summed E-state index contributed by atoms with van der Waals surface area (Å²) in [7, 11) is 0. The second kappa shape index (κ2) is 7.91. The molecular formula is C20H20F2N4. The highest BCUT2D eigenvalue weighted by atomic mass is 19.1. The Hall–Kier alpha value is -3.02.